The normalized spacial score (nSPS) is 26.6. The molecule has 0 aromatic rings. The lowest BCUT2D eigenvalue weighted by atomic mass is 9.80. The second-order valence-corrected chi connectivity index (χ2v) is 5.39. The summed E-state index contributed by atoms with van der Waals surface area (Å²) in [6.07, 6.45) is 7.12. The van der Waals surface area contributed by atoms with Gasteiger partial charge in [-0.2, -0.15) is 0 Å². The number of halogens is 2. The van der Waals surface area contributed by atoms with Crippen LogP contribution in [0.2, 0.25) is 0 Å². The maximum Gasteiger partial charge on any atom is 0.253 e. The van der Waals surface area contributed by atoms with Gasteiger partial charge in [0.05, 0.1) is 0 Å². The quantitative estimate of drug-likeness (QED) is 0.716. The van der Waals surface area contributed by atoms with Crippen molar-refractivity contribution in [2.24, 2.45) is 11.8 Å². The zero-order chi connectivity index (χ0) is 11.4. The molecule has 1 aliphatic carbocycles. The Kier molecular flexibility index (Phi) is 4.17. The fourth-order valence-electron chi connectivity index (χ4n) is 3.20. The first-order chi connectivity index (χ1) is 7.71. The summed E-state index contributed by atoms with van der Waals surface area (Å²) >= 11 is 0. The van der Waals surface area contributed by atoms with Crippen LogP contribution in [0.25, 0.3) is 0 Å². The van der Waals surface area contributed by atoms with Crippen molar-refractivity contribution in [1.29, 1.82) is 0 Å². The molecule has 0 bridgehead atoms. The maximum absolute atomic E-state index is 14.3. The first-order valence-corrected chi connectivity index (χ1v) is 6.80. The van der Waals surface area contributed by atoms with E-state index in [0.717, 1.165) is 51.6 Å². The van der Waals surface area contributed by atoms with Crippen LogP contribution < -0.4 is 5.32 Å². The van der Waals surface area contributed by atoms with Crippen molar-refractivity contribution >= 4 is 0 Å². The van der Waals surface area contributed by atoms with Gasteiger partial charge < -0.3 is 5.32 Å². The minimum atomic E-state index is -2.41. The van der Waals surface area contributed by atoms with Crippen LogP contribution in [0, 0.1) is 11.8 Å². The molecule has 2 rings (SSSR count). The fraction of sp³-hybridized carbons (Fsp3) is 1.00. The Morgan fingerprint density at radius 3 is 1.81 bits per heavy atom. The zero-order valence-electron chi connectivity index (χ0n) is 9.98. The average molecular weight is 231 g/mol. The molecule has 1 nitrogen and oxygen atoms in total. The van der Waals surface area contributed by atoms with Gasteiger partial charge in [-0.3, -0.25) is 0 Å². The molecule has 0 spiro atoms. The summed E-state index contributed by atoms with van der Waals surface area (Å²) in [6.45, 7) is 1.54. The summed E-state index contributed by atoms with van der Waals surface area (Å²) < 4.78 is 28.7. The van der Waals surface area contributed by atoms with Crippen LogP contribution in [0.15, 0.2) is 0 Å². The van der Waals surface area contributed by atoms with Gasteiger partial charge in [-0.05, 0) is 38.8 Å². The molecule has 2 aliphatic rings. The molecule has 1 saturated heterocycles. The highest BCUT2D eigenvalue weighted by Gasteiger charge is 2.46. The third-order valence-corrected chi connectivity index (χ3v) is 4.28. The van der Waals surface area contributed by atoms with Gasteiger partial charge in [-0.15, -0.1) is 0 Å². The van der Waals surface area contributed by atoms with Gasteiger partial charge in [-0.25, -0.2) is 8.78 Å². The van der Waals surface area contributed by atoms with Crippen LogP contribution in [-0.4, -0.2) is 19.0 Å². The van der Waals surface area contributed by atoms with E-state index in [4.69, 9.17) is 0 Å². The molecular weight excluding hydrogens is 208 g/mol. The maximum atomic E-state index is 14.3. The van der Waals surface area contributed by atoms with Gasteiger partial charge in [-0.1, -0.05) is 25.7 Å². The van der Waals surface area contributed by atoms with Crippen molar-refractivity contribution < 1.29 is 8.78 Å². The summed E-state index contributed by atoms with van der Waals surface area (Å²) in [6, 6.07) is 0. The van der Waals surface area contributed by atoms with Gasteiger partial charge in [0.1, 0.15) is 0 Å². The lowest BCUT2D eigenvalue weighted by molar-refractivity contribution is -0.121. The number of hydrogen-bond acceptors (Lipinski definition) is 1. The second kappa shape index (κ2) is 5.44. The molecule has 0 aromatic heterocycles. The summed E-state index contributed by atoms with van der Waals surface area (Å²) in [5, 5.41) is 3.17. The van der Waals surface area contributed by atoms with Crippen molar-refractivity contribution in [2.75, 3.05) is 13.1 Å². The highest BCUT2D eigenvalue weighted by Crippen LogP contribution is 2.43. The molecule has 0 unspecified atom stereocenters. The predicted octanol–water partition coefficient (Wildman–Crippen LogP) is 3.59. The highest BCUT2D eigenvalue weighted by molar-refractivity contribution is 4.88. The van der Waals surface area contributed by atoms with Crippen molar-refractivity contribution in [3.63, 3.8) is 0 Å². The van der Waals surface area contributed by atoms with E-state index in [0.29, 0.717) is 12.8 Å². The van der Waals surface area contributed by atoms with Gasteiger partial charge in [0.2, 0.25) is 0 Å². The van der Waals surface area contributed by atoms with Crippen LogP contribution in [0.3, 0.4) is 0 Å². The Morgan fingerprint density at radius 1 is 0.750 bits per heavy atom. The molecule has 0 radical (unpaired) electrons. The van der Waals surface area contributed by atoms with Gasteiger partial charge >= 0.3 is 0 Å². The van der Waals surface area contributed by atoms with E-state index in [1.807, 2.05) is 0 Å². The molecule has 16 heavy (non-hydrogen) atoms. The summed E-state index contributed by atoms with van der Waals surface area (Å²) in [5.74, 6) is -3.11. The van der Waals surface area contributed by atoms with E-state index < -0.39 is 5.92 Å². The number of nitrogens with one attached hydrogen (secondary N) is 1. The monoisotopic (exact) mass is 231 g/mol. The first-order valence-electron chi connectivity index (χ1n) is 6.80. The molecule has 1 saturated carbocycles. The van der Waals surface area contributed by atoms with E-state index in [-0.39, 0.29) is 11.8 Å². The summed E-state index contributed by atoms with van der Waals surface area (Å²) in [4.78, 5) is 0. The largest absolute Gasteiger partial charge is 0.317 e. The summed E-state index contributed by atoms with van der Waals surface area (Å²) in [7, 11) is 0. The third-order valence-electron chi connectivity index (χ3n) is 4.28. The first kappa shape index (κ1) is 12.3. The Hall–Kier alpha value is -0.180. The number of alkyl halides is 2. The van der Waals surface area contributed by atoms with E-state index in [9.17, 15) is 8.78 Å². The van der Waals surface area contributed by atoms with Crippen molar-refractivity contribution in [1.82, 2.24) is 5.32 Å². The van der Waals surface area contributed by atoms with Gasteiger partial charge in [0, 0.05) is 11.8 Å². The summed E-state index contributed by atoms with van der Waals surface area (Å²) in [5.41, 5.74) is 0. The van der Waals surface area contributed by atoms with Gasteiger partial charge in [0.15, 0.2) is 0 Å². The topological polar surface area (TPSA) is 12.0 Å². The van der Waals surface area contributed by atoms with E-state index >= 15 is 0 Å². The molecular formula is C13H23F2N. The number of rotatable bonds is 2. The molecule has 94 valence electrons. The average Bonchev–Trinajstić information content (AvgIpc) is 2.59. The Balaban J connectivity index is 1.97. The number of piperidine rings is 1. The number of hydrogen-bond donors (Lipinski definition) is 1. The molecule has 1 N–H and O–H groups in total. The minimum absolute atomic E-state index is 0.335. The zero-order valence-corrected chi connectivity index (χ0v) is 9.98. The van der Waals surface area contributed by atoms with Crippen LogP contribution in [-0.2, 0) is 0 Å². The SMILES string of the molecule is FC(F)(C1CCCCCC1)C1CCNCC1. The second-order valence-electron chi connectivity index (χ2n) is 5.39. The molecule has 0 aromatic carbocycles. The van der Waals surface area contributed by atoms with Crippen LogP contribution in [0.1, 0.15) is 51.4 Å². The Morgan fingerprint density at radius 2 is 1.25 bits per heavy atom. The molecule has 1 heterocycles. The molecule has 3 heteroatoms. The van der Waals surface area contributed by atoms with Crippen molar-refractivity contribution in [3.05, 3.63) is 0 Å². The molecule has 2 fully saturated rings. The predicted molar refractivity (Wildman–Crippen MR) is 61.7 cm³/mol. The fourth-order valence-corrected chi connectivity index (χ4v) is 3.20. The van der Waals surface area contributed by atoms with Crippen LogP contribution >= 0.6 is 0 Å². The molecule has 0 atom stereocenters. The van der Waals surface area contributed by atoms with E-state index in [1.165, 1.54) is 0 Å². The lowest BCUT2D eigenvalue weighted by Gasteiger charge is -2.35. The Labute approximate surface area is 97.0 Å². The van der Waals surface area contributed by atoms with Crippen LogP contribution in [0.4, 0.5) is 8.78 Å². The van der Waals surface area contributed by atoms with E-state index in [2.05, 4.69) is 5.32 Å². The molecule has 0 amide bonds. The Bertz CT molecular complexity index is 204. The molecule has 1 aliphatic heterocycles. The third kappa shape index (κ3) is 2.73. The smallest absolute Gasteiger partial charge is 0.253 e. The van der Waals surface area contributed by atoms with Crippen LogP contribution in [0.5, 0.6) is 0 Å². The highest BCUT2D eigenvalue weighted by atomic mass is 19.3. The van der Waals surface area contributed by atoms with Gasteiger partial charge in [0.25, 0.3) is 5.92 Å². The lowest BCUT2D eigenvalue weighted by Crippen LogP contribution is -2.42. The van der Waals surface area contributed by atoms with Crippen molar-refractivity contribution in [3.8, 4) is 0 Å². The standard InChI is InChI=1S/C13H23F2N/c14-13(15,12-7-9-16-10-8-12)11-5-3-1-2-4-6-11/h11-12,16H,1-10H2. The van der Waals surface area contributed by atoms with Crippen molar-refractivity contribution in [2.45, 2.75) is 57.3 Å². The minimum Gasteiger partial charge on any atom is -0.317 e. The van der Waals surface area contributed by atoms with E-state index in [1.54, 1.807) is 0 Å².